The molecular weight excluding hydrogens is 429 g/mol. The largest absolute Gasteiger partial charge is 0.453 e. The number of fused-ring (bicyclic) bond motifs is 5. The molecule has 172 valence electrons. The SMILES string of the molecule is COC(=O)Nc1ccc2c(c1)Cc1c-2[nH]c2c(F)c(-c3ccc(N4CCCCC4)cc3)ccc12. The number of nitrogens with one attached hydrogen (secondary N) is 2. The van der Waals surface area contributed by atoms with Crippen molar-refractivity contribution >= 4 is 28.4 Å². The lowest BCUT2D eigenvalue weighted by atomic mass is 10.0. The van der Waals surface area contributed by atoms with Gasteiger partial charge >= 0.3 is 6.09 Å². The summed E-state index contributed by atoms with van der Waals surface area (Å²) in [7, 11) is 1.34. The molecule has 1 saturated heterocycles. The van der Waals surface area contributed by atoms with Gasteiger partial charge in [0, 0.05) is 47.4 Å². The van der Waals surface area contributed by atoms with Crippen LogP contribution in [0.5, 0.6) is 0 Å². The Morgan fingerprint density at radius 2 is 1.76 bits per heavy atom. The number of aromatic amines is 1. The maximum atomic E-state index is 15.7. The molecule has 2 aliphatic rings. The molecule has 0 saturated carbocycles. The van der Waals surface area contributed by atoms with Crippen LogP contribution in [-0.2, 0) is 11.2 Å². The Hall–Kier alpha value is -3.80. The van der Waals surface area contributed by atoms with Crippen molar-refractivity contribution in [1.29, 1.82) is 0 Å². The summed E-state index contributed by atoms with van der Waals surface area (Å²) in [5, 5.41) is 3.61. The van der Waals surface area contributed by atoms with Gasteiger partial charge in [-0.05, 0) is 60.2 Å². The van der Waals surface area contributed by atoms with E-state index in [4.69, 9.17) is 0 Å². The maximum Gasteiger partial charge on any atom is 0.411 e. The number of hydrogen-bond donors (Lipinski definition) is 2. The van der Waals surface area contributed by atoms with Gasteiger partial charge in [-0.25, -0.2) is 9.18 Å². The molecule has 2 heterocycles. The number of hydrogen-bond acceptors (Lipinski definition) is 3. The summed E-state index contributed by atoms with van der Waals surface area (Å²) in [4.78, 5) is 17.3. The van der Waals surface area contributed by atoms with Crippen molar-refractivity contribution in [3.05, 3.63) is 71.5 Å². The smallest absolute Gasteiger partial charge is 0.411 e. The Labute approximate surface area is 197 Å². The molecule has 1 fully saturated rings. The zero-order chi connectivity index (χ0) is 23.2. The first-order valence-corrected chi connectivity index (χ1v) is 11.8. The second-order valence-corrected chi connectivity index (χ2v) is 9.09. The molecule has 0 bridgehead atoms. The number of H-pyrrole nitrogens is 1. The third-order valence-electron chi connectivity index (χ3n) is 7.09. The molecule has 1 aliphatic heterocycles. The number of benzene rings is 3. The van der Waals surface area contributed by atoms with Crippen molar-refractivity contribution < 1.29 is 13.9 Å². The summed E-state index contributed by atoms with van der Waals surface area (Å²) >= 11 is 0. The van der Waals surface area contributed by atoms with Crippen LogP contribution in [0.2, 0.25) is 0 Å². The minimum Gasteiger partial charge on any atom is -0.453 e. The lowest BCUT2D eigenvalue weighted by Gasteiger charge is -2.28. The van der Waals surface area contributed by atoms with Gasteiger partial charge in [0.05, 0.1) is 18.3 Å². The summed E-state index contributed by atoms with van der Waals surface area (Å²) in [5.74, 6) is -0.219. The molecule has 1 aromatic heterocycles. The fraction of sp³-hybridized carbons (Fsp3) is 0.250. The standard InChI is InChI=1S/C28H26FN3O2/c1-34-28(33)30-19-7-10-22-18(15-19)16-24-23-12-11-21(25(29)27(23)31-26(22)24)17-5-8-20(9-6-17)32-13-3-2-4-14-32/h5-12,15,31H,2-4,13-14,16H2,1H3,(H,30,33). The second kappa shape index (κ2) is 8.20. The quantitative estimate of drug-likeness (QED) is 0.318. The zero-order valence-corrected chi connectivity index (χ0v) is 19.1. The van der Waals surface area contributed by atoms with Gasteiger partial charge in [0.25, 0.3) is 0 Å². The van der Waals surface area contributed by atoms with E-state index in [0.717, 1.165) is 46.4 Å². The molecule has 5 nitrogen and oxygen atoms in total. The molecule has 0 spiro atoms. The Morgan fingerprint density at radius 1 is 1.00 bits per heavy atom. The van der Waals surface area contributed by atoms with Crippen molar-refractivity contribution in [2.45, 2.75) is 25.7 Å². The highest BCUT2D eigenvalue weighted by Crippen LogP contribution is 2.43. The van der Waals surface area contributed by atoms with Crippen LogP contribution < -0.4 is 10.2 Å². The average Bonchev–Trinajstić information content (AvgIpc) is 3.41. The molecule has 0 unspecified atom stereocenters. The fourth-order valence-electron chi connectivity index (χ4n) is 5.35. The number of carbonyl (C=O) groups excluding carboxylic acids is 1. The van der Waals surface area contributed by atoms with Gasteiger partial charge in [0.1, 0.15) is 0 Å². The molecular formula is C28H26FN3O2. The highest BCUT2D eigenvalue weighted by molar-refractivity contribution is 5.97. The molecule has 4 aromatic rings. The van der Waals surface area contributed by atoms with Crippen LogP contribution in [0.3, 0.4) is 0 Å². The Morgan fingerprint density at radius 3 is 2.53 bits per heavy atom. The van der Waals surface area contributed by atoms with Crippen molar-refractivity contribution in [3.63, 3.8) is 0 Å². The molecule has 2 N–H and O–H groups in total. The number of piperidine rings is 1. The molecule has 6 rings (SSSR count). The van der Waals surface area contributed by atoms with Gasteiger partial charge in [-0.2, -0.15) is 0 Å². The second-order valence-electron chi connectivity index (χ2n) is 9.09. The maximum absolute atomic E-state index is 15.7. The van der Waals surface area contributed by atoms with Crippen LogP contribution in [0, 0.1) is 5.82 Å². The Kier molecular flexibility index (Phi) is 5.01. The van der Waals surface area contributed by atoms with Gasteiger partial charge in [0.2, 0.25) is 0 Å². The number of methoxy groups -OCH3 is 1. The summed E-state index contributed by atoms with van der Waals surface area (Å²) < 4.78 is 20.4. The first kappa shape index (κ1) is 20.8. The van der Waals surface area contributed by atoms with Crippen LogP contribution in [0.25, 0.3) is 33.3 Å². The van der Waals surface area contributed by atoms with E-state index in [1.807, 2.05) is 42.5 Å². The van der Waals surface area contributed by atoms with E-state index in [1.165, 1.54) is 32.1 Å². The lowest BCUT2D eigenvalue weighted by Crippen LogP contribution is -2.29. The van der Waals surface area contributed by atoms with E-state index in [2.05, 4.69) is 32.1 Å². The molecule has 0 atom stereocenters. The molecule has 34 heavy (non-hydrogen) atoms. The number of rotatable bonds is 3. The van der Waals surface area contributed by atoms with E-state index in [1.54, 1.807) is 0 Å². The number of anilines is 2. The Bertz CT molecular complexity index is 1400. The van der Waals surface area contributed by atoms with Gasteiger partial charge in [-0.15, -0.1) is 0 Å². The molecule has 1 aliphatic carbocycles. The lowest BCUT2D eigenvalue weighted by molar-refractivity contribution is 0.187. The molecule has 3 aromatic carbocycles. The van der Waals surface area contributed by atoms with Crippen LogP contribution in [0.1, 0.15) is 30.4 Å². The van der Waals surface area contributed by atoms with E-state index < -0.39 is 6.09 Å². The number of aromatic nitrogens is 1. The first-order valence-electron chi connectivity index (χ1n) is 11.8. The normalized spacial score (nSPS) is 14.7. The van der Waals surface area contributed by atoms with E-state index in [9.17, 15) is 4.79 Å². The van der Waals surface area contributed by atoms with Crippen molar-refractivity contribution in [3.8, 4) is 22.4 Å². The molecule has 6 heteroatoms. The number of ether oxygens (including phenoxy) is 1. The monoisotopic (exact) mass is 455 g/mol. The van der Waals surface area contributed by atoms with Crippen LogP contribution in [0.15, 0.2) is 54.6 Å². The summed E-state index contributed by atoms with van der Waals surface area (Å²) in [6.45, 7) is 2.19. The first-order chi connectivity index (χ1) is 16.6. The third kappa shape index (κ3) is 3.41. The molecule has 1 amide bonds. The minimum absolute atomic E-state index is 0.219. The fourth-order valence-corrected chi connectivity index (χ4v) is 5.35. The molecule has 0 radical (unpaired) electrons. The topological polar surface area (TPSA) is 57.4 Å². The predicted molar refractivity (Wildman–Crippen MR) is 134 cm³/mol. The van der Waals surface area contributed by atoms with E-state index in [-0.39, 0.29) is 5.82 Å². The number of amides is 1. The summed E-state index contributed by atoms with van der Waals surface area (Å²) in [6, 6.07) is 17.9. The highest BCUT2D eigenvalue weighted by atomic mass is 19.1. The summed E-state index contributed by atoms with van der Waals surface area (Å²) in [6.07, 6.45) is 3.95. The average molecular weight is 456 g/mol. The number of carbonyl (C=O) groups is 1. The van der Waals surface area contributed by atoms with E-state index in [0.29, 0.717) is 23.2 Å². The van der Waals surface area contributed by atoms with Gasteiger partial charge in [-0.1, -0.05) is 30.3 Å². The summed E-state index contributed by atoms with van der Waals surface area (Å²) in [5.41, 5.74) is 8.10. The van der Waals surface area contributed by atoms with Gasteiger partial charge in [0.15, 0.2) is 5.82 Å². The predicted octanol–water partition coefficient (Wildman–Crippen LogP) is 6.71. The van der Waals surface area contributed by atoms with Crippen LogP contribution >= 0.6 is 0 Å². The van der Waals surface area contributed by atoms with Gasteiger partial charge in [-0.3, -0.25) is 5.32 Å². The highest BCUT2D eigenvalue weighted by Gasteiger charge is 2.26. The van der Waals surface area contributed by atoms with E-state index >= 15 is 4.39 Å². The van der Waals surface area contributed by atoms with Crippen molar-refractivity contribution in [1.82, 2.24) is 4.98 Å². The van der Waals surface area contributed by atoms with Crippen LogP contribution in [0.4, 0.5) is 20.6 Å². The zero-order valence-electron chi connectivity index (χ0n) is 19.1. The van der Waals surface area contributed by atoms with Crippen LogP contribution in [-0.4, -0.2) is 31.3 Å². The number of halogens is 1. The van der Waals surface area contributed by atoms with Gasteiger partial charge < -0.3 is 14.6 Å². The van der Waals surface area contributed by atoms with Crippen molar-refractivity contribution in [2.24, 2.45) is 0 Å². The third-order valence-corrected chi connectivity index (χ3v) is 7.09. The minimum atomic E-state index is -0.500. The number of nitrogens with zero attached hydrogens (tertiary/aromatic N) is 1. The Balaban J connectivity index is 1.32. The van der Waals surface area contributed by atoms with Crippen molar-refractivity contribution in [2.75, 3.05) is 30.4 Å².